The molecule has 1 atom stereocenters. The maximum atomic E-state index is 6.30. The normalized spacial score (nSPS) is 19.5. The van der Waals surface area contributed by atoms with E-state index in [9.17, 15) is 0 Å². The zero-order valence-electron chi connectivity index (χ0n) is 12.5. The fraction of sp³-hybridized carbons (Fsp3) is 0.625. The molecule has 0 saturated heterocycles. The molecule has 1 aromatic rings. The molecule has 0 aromatic heterocycles. The summed E-state index contributed by atoms with van der Waals surface area (Å²) in [6.45, 7) is 2.03. The Labute approximate surface area is 117 Å². The molecular weight excluding hydrogens is 234 g/mol. The minimum absolute atomic E-state index is 0.102. The van der Waals surface area contributed by atoms with Gasteiger partial charge in [-0.15, -0.1) is 0 Å². The maximum Gasteiger partial charge on any atom is 0.0424 e. The third-order valence-corrected chi connectivity index (χ3v) is 4.53. The van der Waals surface area contributed by atoms with E-state index in [4.69, 9.17) is 5.73 Å². The summed E-state index contributed by atoms with van der Waals surface area (Å²) < 4.78 is 0. The molecule has 1 aromatic carbocycles. The number of hydrogen-bond donors (Lipinski definition) is 1. The quantitative estimate of drug-likeness (QED) is 0.851. The van der Waals surface area contributed by atoms with Gasteiger partial charge in [0.05, 0.1) is 0 Å². The Morgan fingerprint density at radius 1 is 1.16 bits per heavy atom. The Balaban J connectivity index is 1.89. The van der Waals surface area contributed by atoms with E-state index in [0.29, 0.717) is 5.54 Å². The fourth-order valence-electron chi connectivity index (χ4n) is 3.04. The molecule has 1 aliphatic rings. The van der Waals surface area contributed by atoms with Gasteiger partial charge in [0.15, 0.2) is 0 Å². The van der Waals surface area contributed by atoms with Gasteiger partial charge >= 0.3 is 0 Å². The molecule has 1 aliphatic carbocycles. The van der Waals surface area contributed by atoms with Crippen LogP contribution in [0.15, 0.2) is 30.3 Å². The summed E-state index contributed by atoms with van der Waals surface area (Å²) in [6.07, 6.45) is 3.98. The van der Waals surface area contributed by atoms with E-state index >= 15 is 0 Å². The molecule has 2 N–H and O–H groups in total. The predicted octanol–water partition coefficient (Wildman–Crippen LogP) is 2.10. The van der Waals surface area contributed by atoms with Gasteiger partial charge in [0.25, 0.3) is 0 Å². The van der Waals surface area contributed by atoms with Crippen molar-refractivity contribution in [2.24, 2.45) is 5.73 Å². The van der Waals surface area contributed by atoms with E-state index in [2.05, 4.69) is 55.2 Å². The summed E-state index contributed by atoms with van der Waals surface area (Å²) in [4.78, 5) is 4.78. The van der Waals surface area contributed by atoms with Crippen molar-refractivity contribution in [1.82, 2.24) is 9.80 Å². The van der Waals surface area contributed by atoms with Crippen LogP contribution in [0.1, 0.15) is 30.9 Å². The van der Waals surface area contributed by atoms with Gasteiger partial charge in [-0.25, -0.2) is 0 Å². The zero-order valence-corrected chi connectivity index (χ0v) is 12.5. The van der Waals surface area contributed by atoms with Crippen LogP contribution in [-0.4, -0.2) is 49.6 Å². The van der Waals surface area contributed by atoms with Crippen molar-refractivity contribution in [1.29, 1.82) is 0 Å². The molecular formula is C16H27N3. The number of likely N-dealkylation sites (N-methyl/N-ethyl adjacent to an activating group) is 2. The molecule has 2 rings (SSSR count). The monoisotopic (exact) mass is 261 g/mol. The SMILES string of the molecule is CN(CC(N)c1ccccc1)CC1(N(C)C)CCC1. The van der Waals surface area contributed by atoms with Crippen molar-refractivity contribution in [3.8, 4) is 0 Å². The van der Waals surface area contributed by atoms with E-state index < -0.39 is 0 Å². The summed E-state index contributed by atoms with van der Waals surface area (Å²) >= 11 is 0. The highest BCUT2D eigenvalue weighted by Gasteiger charge is 2.39. The van der Waals surface area contributed by atoms with Crippen LogP contribution in [0.5, 0.6) is 0 Å². The molecule has 0 radical (unpaired) electrons. The van der Waals surface area contributed by atoms with E-state index in [1.54, 1.807) is 0 Å². The van der Waals surface area contributed by atoms with E-state index in [1.807, 2.05) is 6.07 Å². The molecule has 0 spiro atoms. The highest BCUT2D eigenvalue weighted by atomic mass is 15.2. The van der Waals surface area contributed by atoms with Gasteiger partial charge in [0, 0.05) is 24.7 Å². The van der Waals surface area contributed by atoms with E-state index in [-0.39, 0.29) is 6.04 Å². The smallest absolute Gasteiger partial charge is 0.0424 e. The van der Waals surface area contributed by atoms with Crippen molar-refractivity contribution in [2.75, 3.05) is 34.2 Å². The molecule has 1 saturated carbocycles. The first-order valence-corrected chi connectivity index (χ1v) is 7.20. The first kappa shape index (κ1) is 14.5. The van der Waals surface area contributed by atoms with Crippen LogP contribution in [0, 0.1) is 0 Å². The van der Waals surface area contributed by atoms with Crippen LogP contribution in [0.25, 0.3) is 0 Å². The van der Waals surface area contributed by atoms with Crippen LogP contribution in [0.3, 0.4) is 0 Å². The highest BCUT2D eigenvalue weighted by Crippen LogP contribution is 2.36. The largest absolute Gasteiger partial charge is 0.323 e. The molecule has 0 amide bonds. The summed E-state index contributed by atoms with van der Waals surface area (Å²) in [5.74, 6) is 0. The molecule has 1 unspecified atom stereocenters. The van der Waals surface area contributed by atoms with Crippen molar-refractivity contribution in [2.45, 2.75) is 30.8 Å². The number of benzene rings is 1. The second kappa shape index (κ2) is 6.04. The lowest BCUT2D eigenvalue weighted by Gasteiger charge is -2.49. The van der Waals surface area contributed by atoms with Gasteiger partial charge in [-0.05, 0) is 46.0 Å². The Morgan fingerprint density at radius 2 is 1.79 bits per heavy atom. The minimum atomic E-state index is 0.102. The summed E-state index contributed by atoms with van der Waals surface area (Å²) in [5, 5.41) is 0. The average molecular weight is 261 g/mol. The third kappa shape index (κ3) is 3.35. The molecule has 0 heterocycles. The second-order valence-electron chi connectivity index (χ2n) is 6.19. The van der Waals surface area contributed by atoms with E-state index in [1.165, 1.54) is 24.8 Å². The van der Waals surface area contributed by atoms with Crippen molar-refractivity contribution in [3.05, 3.63) is 35.9 Å². The summed E-state index contributed by atoms with van der Waals surface area (Å²) in [5.41, 5.74) is 7.90. The van der Waals surface area contributed by atoms with Gasteiger partial charge in [-0.2, -0.15) is 0 Å². The summed E-state index contributed by atoms with van der Waals surface area (Å²) in [7, 11) is 6.58. The number of rotatable bonds is 6. The van der Waals surface area contributed by atoms with Crippen LogP contribution >= 0.6 is 0 Å². The van der Waals surface area contributed by atoms with Gasteiger partial charge in [-0.1, -0.05) is 30.3 Å². The molecule has 106 valence electrons. The number of nitrogens with two attached hydrogens (primary N) is 1. The lowest BCUT2D eigenvalue weighted by molar-refractivity contribution is 0.0265. The van der Waals surface area contributed by atoms with Crippen molar-refractivity contribution < 1.29 is 0 Å². The van der Waals surface area contributed by atoms with Crippen LogP contribution in [0.2, 0.25) is 0 Å². The predicted molar refractivity (Wildman–Crippen MR) is 81.1 cm³/mol. The topological polar surface area (TPSA) is 32.5 Å². The molecule has 1 fully saturated rings. The fourth-order valence-corrected chi connectivity index (χ4v) is 3.04. The first-order chi connectivity index (χ1) is 9.03. The minimum Gasteiger partial charge on any atom is -0.323 e. The lowest BCUT2D eigenvalue weighted by Crippen LogP contribution is -2.57. The summed E-state index contributed by atoms with van der Waals surface area (Å²) in [6, 6.07) is 10.5. The molecule has 3 nitrogen and oxygen atoms in total. The first-order valence-electron chi connectivity index (χ1n) is 7.20. The Bertz CT molecular complexity index is 384. The standard InChI is InChI=1S/C16H27N3/c1-18(2)16(10-7-11-16)13-19(3)12-15(17)14-8-5-4-6-9-14/h4-6,8-9,15H,7,10-13,17H2,1-3H3. The lowest BCUT2D eigenvalue weighted by atomic mass is 9.75. The molecule has 0 aliphatic heterocycles. The highest BCUT2D eigenvalue weighted by molar-refractivity contribution is 5.18. The van der Waals surface area contributed by atoms with Crippen molar-refractivity contribution in [3.63, 3.8) is 0 Å². The Morgan fingerprint density at radius 3 is 2.26 bits per heavy atom. The molecule has 19 heavy (non-hydrogen) atoms. The Kier molecular flexibility index (Phi) is 4.61. The molecule has 0 bridgehead atoms. The van der Waals surface area contributed by atoms with Gasteiger partial charge in [0.1, 0.15) is 0 Å². The van der Waals surface area contributed by atoms with Gasteiger partial charge in [-0.3, -0.25) is 0 Å². The third-order valence-electron chi connectivity index (χ3n) is 4.53. The number of nitrogens with zero attached hydrogens (tertiary/aromatic N) is 2. The maximum absolute atomic E-state index is 6.30. The van der Waals surface area contributed by atoms with Crippen molar-refractivity contribution >= 4 is 0 Å². The average Bonchev–Trinajstić information content (AvgIpc) is 2.34. The van der Waals surface area contributed by atoms with Crippen LogP contribution in [-0.2, 0) is 0 Å². The number of hydrogen-bond acceptors (Lipinski definition) is 3. The zero-order chi connectivity index (χ0) is 13.9. The van der Waals surface area contributed by atoms with Gasteiger partial charge in [0.2, 0.25) is 0 Å². The second-order valence-corrected chi connectivity index (χ2v) is 6.19. The molecule has 3 heteroatoms. The van der Waals surface area contributed by atoms with Crippen LogP contribution in [0.4, 0.5) is 0 Å². The van der Waals surface area contributed by atoms with Crippen LogP contribution < -0.4 is 5.73 Å². The Hall–Kier alpha value is -0.900. The van der Waals surface area contributed by atoms with E-state index in [0.717, 1.165) is 13.1 Å². The van der Waals surface area contributed by atoms with Gasteiger partial charge < -0.3 is 15.5 Å².